The molecule has 7 aromatic rings. The highest BCUT2D eigenvalue weighted by molar-refractivity contribution is 6.09. The third kappa shape index (κ3) is 6.96. The first-order valence-corrected chi connectivity index (χ1v) is 18.1. The van der Waals surface area contributed by atoms with E-state index in [2.05, 4.69) is 131 Å². The summed E-state index contributed by atoms with van der Waals surface area (Å²) in [4.78, 5) is 4.92. The van der Waals surface area contributed by atoms with E-state index in [4.69, 9.17) is 14.8 Å². The number of unbranched alkanes of at least 4 members (excludes halogenated alkanes) is 3. The first-order valence-electron chi connectivity index (χ1n) is 18.1. The van der Waals surface area contributed by atoms with Gasteiger partial charge in [-0.05, 0) is 104 Å². The van der Waals surface area contributed by atoms with Crippen molar-refractivity contribution >= 4 is 21.8 Å². The minimum Gasteiger partial charge on any atom is -0.457 e. The quantitative estimate of drug-likeness (QED) is 0.130. The Morgan fingerprint density at radius 1 is 0.700 bits per heavy atom. The maximum absolute atomic E-state index is 6.61. The molecule has 0 aliphatic rings. The summed E-state index contributed by atoms with van der Waals surface area (Å²) in [6, 6.07) is 36.5. The number of hydrogen-bond donors (Lipinski definition) is 0. The fourth-order valence-corrected chi connectivity index (χ4v) is 7.31. The van der Waals surface area contributed by atoms with Crippen LogP contribution in [0.25, 0.3) is 44.4 Å². The van der Waals surface area contributed by atoms with Crippen LogP contribution in [-0.2, 0) is 12.8 Å². The second kappa shape index (κ2) is 14.0. The van der Waals surface area contributed by atoms with Gasteiger partial charge in [-0.2, -0.15) is 5.10 Å². The molecular weight excluding hydrogens is 613 g/mol. The van der Waals surface area contributed by atoms with Crippen molar-refractivity contribution in [1.29, 1.82) is 0 Å². The fraction of sp³-hybridized carbons (Fsp3) is 0.289. The zero-order valence-electron chi connectivity index (χ0n) is 30.3. The van der Waals surface area contributed by atoms with Gasteiger partial charge in [0.15, 0.2) is 0 Å². The Morgan fingerprint density at radius 2 is 1.52 bits per heavy atom. The van der Waals surface area contributed by atoms with Crippen LogP contribution in [0.4, 0.5) is 0 Å². The average molecular weight is 661 g/mol. The Bertz CT molecular complexity index is 2270. The minimum absolute atomic E-state index is 0.179. The number of ether oxygens (including phenoxy) is 1. The van der Waals surface area contributed by atoms with Gasteiger partial charge in [-0.1, -0.05) is 89.4 Å². The molecule has 0 unspecified atom stereocenters. The first kappa shape index (κ1) is 33.3. The summed E-state index contributed by atoms with van der Waals surface area (Å²) in [6.45, 7) is 13.3. The Labute approximate surface area is 296 Å². The molecule has 0 bridgehead atoms. The number of aryl methyl sites for hydroxylation is 2. The van der Waals surface area contributed by atoms with E-state index in [9.17, 15) is 0 Å². The van der Waals surface area contributed by atoms with Crippen LogP contribution in [0.2, 0.25) is 0 Å². The summed E-state index contributed by atoms with van der Waals surface area (Å²) in [5.74, 6) is 2.47. The molecule has 4 aromatic carbocycles. The molecule has 0 atom stereocenters. The van der Waals surface area contributed by atoms with E-state index in [-0.39, 0.29) is 5.41 Å². The normalized spacial score (nSPS) is 11.9. The molecule has 0 aliphatic carbocycles. The Kier molecular flexibility index (Phi) is 9.33. The van der Waals surface area contributed by atoms with Gasteiger partial charge in [0.1, 0.15) is 17.3 Å². The smallest absolute Gasteiger partial charge is 0.137 e. The highest BCUT2D eigenvalue weighted by Crippen LogP contribution is 2.37. The minimum atomic E-state index is 0.179. The van der Waals surface area contributed by atoms with Crippen LogP contribution < -0.4 is 4.74 Å². The highest BCUT2D eigenvalue weighted by atomic mass is 16.5. The van der Waals surface area contributed by atoms with E-state index in [1.807, 2.05) is 29.1 Å². The summed E-state index contributed by atoms with van der Waals surface area (Å²) >= 11 is 0. The van der Waals surface area contributed by atoms with Crippen molar-refractivity contribution in [3.8, 4) is 34.1 Å². The van der Waals surface area contributed by atoms with Crippen LogP contribution in [0.15, 0.2) is 109 Å². The van der Waals surface area contributed by atoms with Gasteiger partial charge in [0.25, 0.3) is 0 Å². The number of fused-ring (bicyclic) bond motifs is 3. The molecule has 0 amide bonds. The second-order valence-corrected chi connectivity index (χ2v) is 14.9. The lowest BCUT2D eigenvalue weighted by atomic mass is 9.88. The van der Waals surface area contributed by atoms with Gasteiger partial charge in [0, 0.05) is 40.4 Å². The second-order valence-electron chi connectivity index (χ2n) is 14.9. The number of hydrogen-bond acceptors (Lipinski definition) is 3. The third-order valence-corrected chi connectivity index (χ3v) is 9.55. The fourth-order valence-electron chi connectivity index (χ4n) is 7.31. The summed E-state index contributed by atoms with van der Waals surface area (Å²) in [5.41, 5.74) is 10.5. The van der Waals surface area contributed by atoms with E-state index in [0.717, 1.165) is 58.3 Å². The predicted octanol–water partition coefficient (Wildman–Crippen LogP) is 12.2. The molecule has 0 spiro atoms. The molecule has 0 saturated heterocycles. The van der Waals surface area contributed by atoms with Crippen LogP contribution in [-0.4, -0.2) is 19.3 Å². The van der Waals surface area contributed by atoms with Crippen molar-refractivity contribution in [3.63, 3.8) is 0 Å². The van der Waals surface area contributed by atoms with E-state index in [0.29, 0.717) is 0 Å². The molecule has 0 fully saturated rings. The molecule has 0 aliphatic heterocycles. The van der Waals surface area contributed by atoms with Gasteiger partial charge >= 0.3 is 0 Å². The molecule has 3 aromatic heterocycles. The standard InChI is InChI=1S/C45H48N4O/c1-7-8-9-11-15-33-20-23-41-40(26-33)39-22-21-38(29-42(39)48(41)43-27-34(24-25-46-43)30-45(4,5)6)50-37-19-14-18-36(28-37)49-32(3)44(31(2)47-49)35-16-12-10-13-17-35/h10,12-14,16-29H,7-9,11,15,30H2,1-6H3. The summed E-state index contributed by atoms with van der Waals surface area (Å²) in [6.07, 6.45) is 9.06. The zero-order valence-corrected chi connectivity index (χ0v) is 30.3. The van der Waals surface area contributed by atoms with Gasteiger partial charge in [-0.3, -0.25) is 4.57 Å². The molecular formula is C45H48N4O. The van der Waals surface area contributed by atoms with Crippen molar-refractivity contribution < 1.29 is 4.74 Å². The molecule has 7 rings (SSSR count). The van der Waals surface area contributed by atoms with Crippen LogP contribution in [0, 0.1) is 19.3 Å². The van der Waals surface area contributed by atoms with Crippen molar-refractivity contribution in [3.05, 3.63) is 132 Å². The van der Waals surface area contributed by atoms with Crippen molar-refractivity contribution in [1.82, 2.24) is 19.3 Å². The molecule has 5 heteroatoms. The lowest BCUT2D eigenvalue weighted by Gasteiger charge is -2.18. The van der Waals surface area contributed by atoms with Crippen LogP contribution in [0.5, 0.6) is 11.5 Å². The van der Waals surface area contributed by atoms with Gasteiger partial charge in [0.2, 0.25) is 0 Å². The SMILES string of the molecule is CCCCCCc1ccc2c(c1)c1ccc(Oc3cccc(-n4nc(C)c(-c5ccccc5)c4C)c3)cc1n2-c1cc(CC(C)(C)C)ccn1. The molecule has 0 N–H and O–H groups in total. The zero-order chi connectivity index (χ0) is 34.8. The monoisotopic (exact) mass is 660 g/mol. The van der Waals surface area contributed by atoms with Crippen molar-refractivity contribution in [2.45, 2.75) is 80.1 Å². The van der Waals surface area contributed by atoms with Gasteiger partial charge in [-0.25, -0.2) is 9.67 Å². The first-order chi connectivity index (χ1) is 24.2. The highest BCUT2D eigenvalue weighted by Gasteiger charge is 2.18. The summed E-state index contributed by atoms with van der Waals surface area (Å²) < 4.78 is 10.9. The van der Waals surface area contributed by atoms with Crippen LogP contribution >= 0.6 is 0 Å². The number of aromatic nitrogens is 4. The van der Waals surface area contributed by atoms with Crippen molar-refractivity contribution in [2.24, 2.45) is 5.41 Å². The Balaban J connectivity index is 1.27. The Morgan fingerprint density at radius 3 is 2.32 bits per heavy atom. The molecule has 3 heterocycles. The maximum atomic E-state index is 6.61. The predicted molar refractivity (Wildman–Crippen MR) is 208 cm³/mol. The van der Waals surface area contributed by atoms with Gasteiger partial charge in [0.05, 0.1) is 22.4 Å². The van der Waals surface area contributed by atoms with Crippen LogP contribution in [0.3, 0.4) is 0 Å². The largest absolute Gasteiger partial charge is 0.457 e. The van der Waals surface area contributed by atoms with E-state index >= 15 is 0 Å². The molecule has 5 nitrogen and oxygen atoms in total. The van der Waals surface area contributed by atoms with E-state index in [1.54, 1.807) is 0 Å². The number of benzene rings is 4. The maximum Gasteiger partial charge on any atom is 0.137 e. The van der Waals surface area contributed by atoms with Crippen LogP contribution in [0.1, 0.15) is 75.9 Å². The molecule has 254 valence electrons. The molecule has 50 heavy (non-hydrogen) atoms. The van der Waals surface area contributed by atoms with E-state index in [1.165, 1.54) is 58.7 Å². The lowest BCUT2D eigenvalue weighted by Crippen LogP contribution is -2.10. The number of pyridine rings is 1. The van der Waals surface area contributed by atoms with Gasteiger partial charge < -0.3 is 4.74 Å². The topological polar surface area (TPSA) is 44.9 Å². The number of rotatable bonds is 11. The average Bonchev–Trinajstić information content (AvgIpc) is 3.58. The summed E-state index contributed by atoms with van der Waals surface area (Å²) in [5, 5.41) is 7.39. The summed E-state index contributed by atoms with van der Waals surface area (Å²) in [7, 11) is 0. The van der Waals surface area contributed by atoms with E-state index < -0.39 is 0 Å². The third-order valence-electron chi connectivity index (χ3n) is 9.55. The lowest BCUT2D eigenvalue weighted by molar-refractivity contribution is 0.411. The van der Waals surface area contributed by atoms with Crippen molar-refractivity contribution in [2.75, 3.05) is 0 Å². The number of nitrogens with zero attached hydrogens (tertiary/aromatic N) is 4. The van der Waals surface area contributed by atoms with Gasteiger partial charge in [-0.15, -0.1) is 0 Å². The molecule has 0 saturated carbocycles. The Hall–Kier alpha value is -5.16. The molecule has 0 radical (unpaired) electrons.